The van der Waals surface area contributed by atoms with Crippen LogP contribution in [-0.4, -0.2) is 54.6 Å². The highest BCUT2D eigenvalue weighted by Gasteiger charge is 2.28. The van der Waals surface area contributed by atoms with Gasteiger partial charge in [-0.15, -0.1) is 5.10 Å². The van der Waals surface area contributed by atoms with Gasteiger partial charge in [0.1, 0.15) is 6.04 Å². The van der Waals surface area contributed by atoms with Gasteiger partial charge in [-0.05, 0) is 19.4 Å². The van der Waals surface area contributed by atoms with Crippen molar-refractivity contribution >= 4 is 17.7 Å². The first kappa shape index (κ1) is 13.9. The second-order valence-corrected chi connectivity index (χ2v) is 4.41. The molecular weight excluding hydrogens is 262 g/mol. The van der Waals surface area contributed by atoms with Crippen LogP contribution in [0.2, 0.25) is 0 Å². The lowest BCUT2D eigenvalue weighted by Crippen LogP contribution is -2.42. The molecule has 20 heavy (non-hydrogen) atoms. The first-order valence-corrected chi connectivity index (χ1v) is 6.14. The van der Waals surface area contributed by atoms with Crippen molar-refractivity contribution < 1.29 is 14.7 Å². The molecule has 2 aromatic rings. The van der Waals surface area contributed by atoms with Gasteiger partial charge in [0, 0.05) is 18.9 Å². The first-order valence-electron chi connectivity index (χ1n) is 6.14. The normalized spacial score (nSPS) is 12.3. The highest BCUT2D eigenvalue weighted by atomic mass is 16.4. The number of carboxylic acids is 1. The molecular formula is C12H15N5O3. The molecule has 0 aliphatic rings. The third-order valence-electron chi connectivity index (χ3n) is 3.08. The number of carbonyl (C=O) groups excluding carboxylic acids is 1. The average molecular weight is 277 g/mol. The molecule has 1 unspecified atom stereocenters. The number of nitrogens with zero attached hydrogens (tertiary/aromatic N) is 5. The molecule has 0 bridgehead atoms. The van der Waals surface area contributed by atoms with E-state index < -0.39 is 17.9 Å². The molecule has 0 radical (unpaired) electrons. The minimum atomic E-state index is -1.05. The summed E-state index contributed by atoms with van der Waals surface area (Å²) >= 11 is 0. The molecule has 0 aliphatic carbocycles. The summed E-state index contributed by atoms with van der Waals surface area (Å²) in [6, 6.07) is 0.842. The molecule has 0 aliphatic heterocycles. The zero-order valence-corrected chi connectivity index (χ0v) is 11.4. The van der Waals surface area contributed by atoms with Crippen molar-refractivity contribution in [3.8, 4) is 0 Å². The Balaban J connectivity index is 2.36. The van der Waals surface area contributed by atoms with E-state index in [-0.39, 0.29) is 5.82 Å². The van der Waals surface area contributed by atoms with Gasteiger partial charge in [0.05, 0.1) is 0 Å². The number of aliphatic carboxylic acids is 1. The van der Waals surface area contributed by atoms with E-state index in [9.17, 15) is 9.59 Å². The van der Waals surface area contributed by atoms with Gasteiger partial charge in [0.25, 0.3) is 11.7 Å². The van der Waals surface area contributed by atoms with Gasteiger partial charge in [0.2, 0.25) is 5.82 Å². The molecule has 1 N–H and O–H groups in total. The number of fused-ring (bicyclic) bond motifs is 1. The lowest BCUT2D eigenvalue weighted by molar-refractivity contribution is -0.142. The Bertz CT molecular complexity index is 666. The fraction of sp³-hybridized carbons (Fsp3) is 0.417. The molecule has 2 rings (SSSR count). The molecule has 2 aromatic heterocycles. The Morgan fingerprint density at radius 1 is 1.50 bits per heavy atom. The van der Waals surface area contributed by atoms with Crippen LogP contribution in [-0.2, 0) is 4.79 Å². The van der Waals surface area contributed by atoms with Gasteiger partial charge >= 0.3 is 5.97 Å². The number of aromatic nitrogens is 4. The van der Waals surface area contributed by atoms with Crippen LogP contribution in [0.25, 0.3) is 5.78 Å². The van der Waals surface area contributed by atoms with Gasteiger partial charge in [-0.25, -0.2) is 14.3 Å². The zero-order chi connectivity index (χ0) is 14.9. The maximum atomic E-state index is 12.2. The molecule has 1 atom stereocenters. The van der Waals surface area contributed by atoms with E-state index >= 15 is 0 Å². The topological polar surface area (TPSA) is 101 Å². The van der Waals surface area contributed by atoms with E-state index in [0.29, 0.717) is 12.2 Å². The highest BCUT2D eigenvalue weighted by molar-refractivity contribution is 5.93. The van der Waals surface area contributed by atoms with Crippen LogP contribution >= 0.6 is 0 Å². The van der Waals surface area contributed by atoms with Crippen LogP contribution in [0, 0.1) is 6.92 Å². The molecule has 0 saturated carbocycles. The Morgan fingerprint density at radius 2 is 2.20 bits per heavy atom. The SMILES string of the molecule is CCC(C(=O)O)N(C)C(=O)c1nc2nccc(C)n2n1. The molecule has 2 heterocycles. The fourth-order valence-corrected chi connectivity index (χ4v) is 1.91. The standard InChI is InChI=1S/C12H15N5O3/c1-4-8(11(19)20)16(3)10(18)9-14-12-13-6-5-7(2)17(12)15-9/h5-6,8H,4H2,1-3H3,(H,19,20). The van der Waals surface area contributed by atoms with Crippen molar-refractivity contribution in [2.45, 2.75) is 26.3 Å². The van der Waals surface area contributed by atoms with Crippen molar-refractivity contribution in [2.24, 2.45) is 0 Å². The smallest absolute Gasteiger partial charge is 0.326 e. The predicted molar refractivity (Wildman–Crippen MR) is 69.3 cm³/mol. The minimum absolute atomic E-state index is 0.0611. The number of carbonyl (C=O) groups is 2. The lowest BCUT2D eigenvalue weighted by atomic mass is 10.2. The molecule has 8 nitrogen and oxygen atoms in total. The second kappa shape index (κ2) is 5.24. The van der Waals surface area contributed by atoms with Crippen molar-refractivity contribution in [1.29, 1.82) is 0 Å². The van der Waals surface area contributed by atoms with Gasteiger partial charge in [0.15, 0.2) is 0 Å². The van der Waals surface area contributed by atoms with E-state index in [2.05, 4.69) is 15.1 Å². The van der Waals surface area contributed by atoms with Crippen molar-refractivity contribution in [3.05, 3.63) is 23.8 Å². The van der Waals surface area contributed by atoms with Gasteiger partial charge < -0.3 is 10.0 Å². The van der Waals surface area contributed by atoms with Gasteiger partial charge in [-0.1, -0.05) is 6.92 Å². The number of likely N-dealkylation sites (N-methyl/N-ethyl adjacent to an activating group) is 1. The number of carboxylic acid groups (broad SMARTS) is 1. The maximum Gasteiger partial charge on any atom is 0.326 e. The summed E-state index contributed by atoms with van der Waals surface area (Å²) in [7, 11) is 1.43. The summed E-state index contributed by atoms with van der Waals surface area (Å²) < 4.78 is 1.45. The number of hydrogen-bond acceptors (Lipinski definition) is 5. The Hall–Kier alpha value is -2.51. The van der Waals surface area contributed by atoms with Crippen LogP contribution in [0.15, 0.2) is 12.3 Å². The third kappa shape index (κ3) is 2.31. The van der Waals surface area contributed by atoms with E-state index in [1.54, 1.807) is 19.2 Å². The van der Waals surface area contributed by atoms with Crippen molar-refractivity contribution in [1.82, 2.24) is 24.5 Å². The van der Waals surface area contributed by atoms with E-state index in [0.717, 1.165) is 10.6 Å². The molecule has 106 valence electrons. The number of rotatable bonds is 4. The fourth-order valence-electron chi connectivity index (χ4n) is 1.91. The highest BCUT2D eigenvalue weighted by Crippen LogP contribution is 2.08. The molecule has 8 heteroatoms. The van der Waals surface area contributed by atoms with Crippen LogP contribution in [0.4, 0.5) is 0 Å². The predicted octanol–water partition coefficient (Wildman–Crippen LogP) is 0.368. The monoisotopic (exact) mass is 277 g/mol. The summed E-state index contributed by atoms with van der Waals surface area (Å²) in [6.07, 6.45) is 1.88. The first-order chi connectivity index (χ1) is 9.45. The number of hydrogen-bond donors (Lipinski definition) is 1. The third-order valence-corrected chi connectivity index (χ3v) is 3.08. The molecule has 0 fully saturated rings. The lowest BCUT2D eigenvalue weighted by Gasteiger charge is -2.22. The molecule has 0 spiro atoms. The summed E-state index contributed by atoms with van der Waals surface area (Å²) in [4.78, 5) is 32.5. The Morgan fingerprint density at radius 3 is 2.75 bits per heavy atom. The molecule has 0 saturated heterocycles. The average Bonchev–Trinajstić information content (AvgIpc) is 2.83. The van der Waals surface area contributed by atoms with Crippen LogP contribution in [0.3, 0.4) is 0 Å². The number of aryl methyl sites for hydroxylation is 1. The van der Waals surface area contributed by atoms with Gasteiger partial charge in [-0.3, -0.25) is 4.79 Å². The Labute approximate surface area is 115 Å². The van der Waals surface area contributed by atoms with Gasteiger partial charge in [-0.2, -0.15) is 4.98 Å². The van der Waals surface area contributed by atoms with Crippen LogP contribution in [0.1, 0.15) is 29.7 Å². The van der Waals surface area contributed by atoms with E-state index in [1.807, 2.05) is 6.92 Å². The largest absolute Gasteiger partial charge is 0.480 e. The van der Waals surface area contributed by atoms with E-state index in [1.165, 1.54) is 11.6 Å². The molecule has 1 amide bonds. The van der Waals surface area contributed by atoms with E-state index in [4.69, 9.17) is 5.11 Å². The summed E-state index contributed by atoms with van der Waals surface area (Å²) in [5.74, 6) is -1.34. The second-order valence-electron chi connectivity index (χ2n) is 4.41. The van der Waals surface area contributed by atoms with Crippen LogP contribution in [0.5, 0.6) is 0 Å². The number of amides is 1. The summed E-state index contributed by atoms with van der Waals surface area (Å²) in [6.45, 7) is 3.51. The summed E-state index contributed by atoms with van der Waals surface area (Å²) in [5.41, 5.74) is 0.787. The minimum Gasteiger partial charge on any atom is -0.480 e. The molecule has 0 aromatic carbocycles. The Kier molecular flexibility index (Phi) is 3.64. The van der Waals surface area contributed by atoms with Crippen molar-refractivity contribution in [3.63, 3.8) is 0 Å². The maximum absolute atomic E-state index is 12.2. The summed E-state index contributed by atoms with van der Waals surface area (Å²) in [5, 5.41) is 13.1. The zero-order valence-electron chi connectivity index (χ0n) is 11.4. The van der Waals surface area contributed by atoms with Crippen molar-refractivity contribution in [2.75, 3.05) is 7.05 Å². The van der Waals surface area contributed by atoms with Crippen LogP contribution < -0.4 is 0 Å². The quantitative estimate of drug-likeness (QED) is 0.866.